The van der Waals surface area contributed by atoms with Gasteiger partial charge in [-0.15, -0.1) is 23.1 Å². The van der Waals surface area contributed by atoms with Gasteiger partial charge < -0.3 is 14.8 Å². The lowest BCUT2D eigenvalue weighted by molar-refractivity contribution is -0.154. The Kier molecular flexibility index (Phi) is 10.3. The molecule has 0 unspecified atom stereocenters. The molecular weight excluding hydrogens is 637 g/mol. The number of ether oxygens (including phenoxy) is 2. The number of thiazole rings is 1. The molecule has 1 fully saturated rings. The normalized spacial score (nSPS) is 17.9. The highest BCUT2D eigenvalue weighted by molar-refractivity contribution is 8.00. The van der Waals surface area contributed by atoms with Crippen molar-refractivity contribution in [2.24, 2.45) is 0 Å². The molecule has 0 radical (unpaired) electrons. The van der Waals surface area contributed by atoms with E-state index in [1.807, 2.05) is 67.6 Å². The highest BCUT2D eigenvalue weighted by Gasteiger charge is 2.54. The number of allylic oxidation sites excluding steroid dienone is 2. The first-order valence-electron chi connectivity index (χ1n) is 15.1. The number of nitrogens with one attached hydrogen (secondary N) is 2. The quantitative estimate of drug-likeness (QED) is 0.143. The number of nitrogens with zero attached hydrogens (tertiary/aromatic N) is 2. The Morgan fingerprint density at radius 1 is 1.09 bits per heavy atom. The summed E-state index contributed by atoms with van der Waals surface area (Å²) in [5.74, 6) is -1.17. The van der Waals surface area contributed by atoms with Gasteiger partial charge in [0.25, 0.3) is 11.8 Å². The smallest absolute Gasteiger partial charge is 0.413 e. The molecule has 2 N–H and O–H groups in total. The van der Waals surface area contributed by atoms with E-state index in [2.05, 4.69) is 22.2 Å². The molecule has 0 bridgehead atoms. The molecule has 1 aromatic heterocycles. The van der Waals surface area contributed by atoms with Crippen molar-refractivity contribution in [1.82, 2.24) is 15.2 Å². The van der Waals surface area contributed by atoms with Crippen LogP contribution in [0.15, 0.2) is 96.0 Å². The average Bonchev–Trinajstić information content (AvgIpc) is 3.51. The summed E-state index contributed by atoms with van der Waals surface area (Å²) in [4.78, 5) is 59.0. The van der Waals surface area contributed by atoms with Crippen LogP contribution < -0.4 is 10.6 Å². The van der Waals surface area contributed by atoms with Crippen LogP contribution in [0, 0.1) is 0 Å². The van der Waals surface area contributed by atoms with Gasteiger partial charge in [0.1, 0.15) is 22.7 Å². The minimum atomic E-state index is -0.876. The van der Waals surface area contributed by atoms with E-state index in [0.717, 1.165) is 22.5 Å². The molecule has 3 amide bonds. The van der Waals surface area contributed by atoms with E-state index in [-0.39, 0.29) is 16.4 Å². The maximum atomic E-state index is 13.8. The number of hydrogen-bond acceptors (Lipinski definition) is 9. The summed E-state index contributed by atoms with van der Waals surface area (Å²) >= 11 is 2.58. The number of anilines is 1. The number of benzene rings is 2. The Hall–Kier alpha value is -4.68. The number of carbonyl (C=O) groups excluding carboxylic acids is 4. The van der Waals surface area contributed by atoms with Gasteiger partial charge in [0.2, 0.25) is 0 Å². The number of esters is 1. The topological polar surface area (TPSA) is 127 Å². The summed E-state index contributed by atoms with van der Waals surface area (Å²) < 4.78 is 11.4. The van der Waals surface area contributed by atoms with Crippen molar-refractivity contribution in [2.75, 3.05) is 11.1 Å². The van der Waals surface area contributed by atoms with Gasteiger partial charge in [0.15, 0.2) is 11.2 Å². The van der Waals surface area contributed by atoms with Gasteiger partial charge in [-0.2, -0.15) is 0 Å². The third kappa shape index (κ3) is 7.66. The zero-order valence-corrected chi connectivity index (χ0v) is 28.2. The molecule has 2 aliphatic heterocycles. The molecular formula is C35H36N4O6S2. The van der Waals surface area contributed by atoms with Gasteiger partial charge in [-0.05, 0) is 43.9 Å². The molecule has 2 aromatic carbocycles. The van der Waals surface area contributed by atoms with Crippen molar-refractivity contribution >= 4 is 57.7 Å². The van der Waals surface area contributed by atoms with E-state index >= 15 is 0 Å². The highest BCUT2D eigenvalue weighted by atomic mass is 32.2. The summed E-state index contributed by atoms with van der Waals surface area (Å²) in [5, 5.41) is 6.84. The van der Waals surface area contributed by atoms with Gasteiger partial charge in [-0.25, -0.2) is 14.6 Å². The van der Waals surface area contributed by atoms with Crippen LogP contribution in [0.1, 0.15) is 57.0 Å². The molecule has 47 heavy (non-hydrogen) atoms. The van der Waals surface area contributed by atoms with Crippen LogP contribution in [-0.2, 0) is 23.9 Å². The van der Waals surface area contributed by atoms with Crippen LogP contribution in [0.2, 0.25) is 0 Å². The maximum absolute atomic E-state index is 13.8. The maximum Gasteiger partial charge on any atom is 0.413 e. The summed E-state index contributed by atoms with van der Waals surface area (Å²) in [6, 6.07) is 17.9. The number of hydrogen-bond donors (Lipinski definition) is 2. The predicted molar refractivity (Wildman–Crippen MR) is 183 cm³/mol. The fraction of sp³-hybridized carbons (Fsp3) is 0.286. The Labute approximate surface area is 281 Å². The first-order valence-corrected chi connectivity index (χ1v) is 17.0. The molecule has 2 atom stereocenters. The molecule has 0 saturated carbocycles. The number of β-lactam (4-membered cyclic amide) rings is 1. The van der Waals surface area contributed by atoms with E-state index in [4.69, 9.17) is 9.47 Å². The first kappa shape index (κ1) is 33.7. The third-order valence-electron chi connectivity index (χ3n) is 7.19. The van der Waals surface area contributed by atoms with Crippen LogP contribution in [-0.4, -0.2) is 56.5 Å². The fourth-order valence-electron chi connectivity index (χ4n) is 5.12. The Morgan fingerprint density at radius 2 is 1.72 bits per heavy atom. The average molecular weight is 673 g/mol. The van der Waals surface area contributed by atoms with E-state index in [0.29, 0.717) is 23.4 Å². The largest absolute Gasteiger partial charge is 0.448 e. The number of thioether (sulfide) groups is 1. The molecule has 3 aromatic rings. The molecule has 3 heterocycles. The zero-order valence-electron chi connectivity index (χ0n) is 26.5. The molecule has 2 aliphatic rings. The molecule has 1 saturated heterocycles. The Morgan fingerprint density at radius 3 is 2.30 bits per heavy atom. The second kappa shape index (κ2) is 14.4. The minimum absolute atomic E-state index is 0.123. The molecule has 10 nitrogen and oxygen atoms in total. The monoisotopic (exact) mass is 672 g/mol. The second-order valence-corrected chi connectivity index (χ2v) is 13.7. The van der Waals surface area contributed by atoms with Gasteiger partial charge in [-0.3, -0.25) is 19.8 Å². The van der Waals surface area contributed by atoms with Gasteiger partial charge in [-0.1, -0.05) is 86.3 Å². The van der Waals surface area contributed by atoms with Crippen LogP contribution >= 0.6 is 23.1 Å². The number of aromatic nitrogens is 1. The molecule has 12 heteroatoms. The van der Waals surface area contributed by atoms with Gasteiger partial charge in [0.05, 0.1) is 11.3 Å². The predicted octanol–water partition coefficient (Wildman–Crippen LogP) is 6.46. The first-order chi connectivity index (χ1) is 22.5. The van der Waals surface area contributed by atoms with Gasteiger partial charge >= 0.3 is 12.1 Å². The SMILES string of the molecule is C=CC1=C(C(=O)OC(c2ccccc2)c2ccccc2)N2C(=O)[C@@H](NC(=O)/C(=C\CC)c3csc(NC(=O)OC(C)(C)C)n3)[C@H]2SC1. The number of carbonyl (C=O) groups is 4. The van der Waals surface area contributed by atoms with Crippen molar-refractivity contribution in [2.45, 2.75) is 57.2 Å². The van der Waals surface area contributed by atoms with Crippen LogP contribution in [0.3, 0.4) is 0 Å². The third-order valence-corrected chi connectivity index (χ3v) is 9.25. The van der Waals surface area contributed by atoms with E-state index in [1.54, 1.807) is 38.3 Å². The van der Waals surface area contributed by atoms with Crippen molar-refractivity contribution in [1.29, 1.82) is 0 Å². The lowest BCUT2D eigenvalue weighted by atomic mass is 10.00. The zero-order chi connectivity index (χ0) is 33.7. The van der Waals surface area contributed by atoms with Crippen molar-refractivity contribution < 1.29 is 28.7 Å². The van der Waals surface area contributed by atoms with Crippen molar-refractivity contribution in [3.05, 3.63) is 113 Å². The van der Waals surface area contributed by atoms with E-state index in [9.17, 15) is 19.2 Å². The number of amides is 3. The van der Waals surface area contributed by atoms with Crippen molar-refractivity contribution in [3.8, 4) is 0 Å². The molecule has 244 valence electrons. The Bertz CT molecular complexity index is 1690. The highest BCUT2D eigenvalue weighted by Crippen LogP contribution is 2.42. The molecule has 0 aliphatic carbocycles. The van der Waals surface area contributed by atoms with E-state index in [1.165, 1.54) is 16.7 Å². The summed E-state index contributed by atoms with van der Waals surface area (Å²) in [5.41, 5.74) is 2.22. The minimum Gasteiger partial charge on any atom is -0.448 e. The second-order valence-electron chi connectivity index (χ2n) is 11.7. The molecule has 5 rings (SSSR count). The number of rotatable bonds is 10. The van der Waals surface area contributed by atoms with Crippen LogP contribution in [0.25, 0.3) is 5.57 Å². The fourth-order valence-corrected chi connectivity index (χ4v) is 7.15. The summed E-state index contributed by atoms with van der Waals surface area (Å²) in [6.07, 6.45) is 2.45. The lowest BCUT2D eigenvalue weighted by Gasteiger charge is -2.49. The lowest BCUT2D eigenvalue weighted by Crippen LogP contribution is -2.70. The molecule has 0 spiro atoms. The number of fused-ring (bicyclic) bond motifs is 1. The van der Waals surface area contributed by atoms with Crippen molar-refractivity contribution in [3.63, 3.8) is 0 Å². The Balaban J connectivity index is 1.31. The standard InChI is InChI=1S/C35H36N4O6S2/c1-6-14-24(25-20-47-33(36-25)38-34(43)45-35(3,4)5)29(40)37-26-30(41)39-27(21(7-2)19-46-31(26)39)32(42)44-28(22-15-10-8-11-16-22)23-17-12-9-13-18-23/h7-18,20,26,28,31H,2,6,19H2,1,3-5H3,(H,37,40)(H,36,38,43)/b24-14-/t26-,31-/m1/s1. The summed E-state index contributed by atoms with van der Waals surface area (Å²) in [7, 11) is 0. The summed E-state index contributed by atoms with van der Waals surface area (Å²) in [6.45, 7) is 11.0. The van der Waals surface area contributed by atoms with Crippen LogP contribution in [0.4, 0.5) is 9.93 Å². The van der Waals surface area contributed by atoms with E-state index < -0.39 is 47.0 Å². The van der Waals surface area contributed by atoms with Crippen LogP contribution in [0.5, 0.6) is 0 Å². The van der Waals surface area contributed by atoms with Gasteiger partial charge in [0, 0.05) is 11.1 Å².